The molecule has 0 spiro atoms. The van der Waals surface area contributed by atoms with E-state index < -0.39 is 0 Å². The molecule has 0 saturated heterocycles. The molecule has 1 nitrogen and oxygen atoms in total. The van der Waals surface area contributed by atoms with E-state index in [4.69, 9.17) is 0 Å². The molecule has 0 saturated carbocycles. The standard InChI is InChI=1S/C17H21N/c1-3-11-18-13-16-10-9-14(2)12-17(16)15-7-5-4-6-8-15/h4-10,12,18H,3,11,13H2,1-2H3. The summed E-state index contributed by atoms with van der Waals surface area (Å²) in [6.07, 6.45) is 1.17. The summed E-state index contributed by atoms with van der Waals surface area (Å²) in [5.41, 5.74) is 5.34. The smallest absolute Gasteiger partial charge is 0.0211 e. The lowest BCUT2D eigenvalue weighted by atomic mass is 9.97. The topological polar surface area (TPSA) is 12.0 Å². The second-order valence-electron chi connectivity index (χ2n) is 4.70. The molecule has 18 heavy (non-hydrogen) atoms. The van der Waals surface area contributed by atoms with Gasteiger partial charge in [-0.3, -0.25) is 0 Å². The van der Waals surface area contributed by atoms with Crippen molar-refractivity contribution < 1.29 is 0 Å². The van der Waals surface area contributed by atoms with Crippen LogP contribution in [0.4, 0.5) is 0 Å². The maximum atomic E-state index is 3.48. The van der Waals surface area contributed by atoms with Gasteiger partial charge in [-0.2, -0.15) is 0 Å². The molecule has 1 heteroatoms. The highest BCUT2D eigenvalue weighted by Crippen LogP contribution is 2.24. The quantitative estimate of drug-likeness (QED) is 0.772. The summed E-state index contributed by atoms with van der Waals surface area (Å²) < 4.78 is 0. The lowest BCUT2D eigenvalue weighted by Crippen LogP contribution is -2.14. The lowest BCUT2D eigenvalue weighted by molar-refractivity contribution is 0.676. The van der Waals surface area contributed by atoms with Gasteiger partial charge in [0.2, 0.25) is 0 Å². The van der Waals surface area contributed by atoms with Gasteiger partial charge in [-0.1, -0.05) is 61.0 Å². The Morgan fingerprint density at radius 3 is 2.50 bits per heavy atom. The zero-order valence-corrected chi connectivity index (χ0v) is 11.2. The minimum atomic E-state index is 0.943. The van der Waals surface area contributed by atoms with E-state index in [1.54, 1.807) is 0 Å². The first-order valence-electron chi connectivity index (χ1n) is 6.67. The van der Waals surface area contributed by atoms with Crippen LogP contribution in [0.15, 0.2) is 48.5 Å². The Bertz CT molecular complexity index is 488. The summed E-state index contributed by atoms with van der Waals surface area (Å²) in [6.45, 7) is 6.36. The van der Waals surface area contributed by atoms with Crippen LogP contribution in [0, 0.1) is 6.92 Å². The highest BCUT2D eigenvalue weighted by molar-refractivity contribution is 5.68. The van der Waals surface area contributed by atoms with Crippen LogP contribution >= 0.6 is 0 Å². The maximum absolute atomic E-state index is 3.48. The van der Waals surface area contributed by atoms with E-state index in [0.717, 1.165) is 13.1 Å². The van der Waals surface area contributed by atoms with E-state index in [-0.39, 0.29) is 0 Å². The van der Waals surface area contributed by atoms with Crippen molar-refractivity contribution in [3.8, 4) is 11.1 Å². The molecule has 0 aliphatic carbocycles. The molecule has 0 unspecified atom stereocenters. The molecule has 2 aromatic rings. The van der Waals surface area contributed by atoms with Crippen LogP contribution in [0.5, 0.6) is 0 Å². The largest absolute Gasteiger partial charge is 0.313 e. The summed E-state index contributed by atoms with van der Waals surface area (Å²) in [5, 5.41) is 3.48. The van der Waals surface area contributed by atoms with Crippen molar-refractivity contribution in [1.29, 1.82) is 0 Å². The number of hydrogen-bond donors (Lipinski definition) is 1. The van der Waals surface area contributed by atoms with Gasteiger partial charge in [0.1, 0.15) is 0 Å². The van der Waals surface area contributed by atoms with Crippen molar-refractivity contribution in [3.05, 3.63) is 59.7 Å². The van der Waals surface area contributed by atoms with Gasteiger partial charge in [0.05, 0.1) is 0 Å². The van der Waals surface area contributed by atoms with Gasteiger partial charge in [-0.15, -0.1) is 0 Å². The molecule has 2 aromatic carbocycles. The van der Waals surface area contributed by atoms with E-state index in [2.05, 4.69) is 67.7 Å². The molecule has 0 radical (unpaired) electrons. The molecular formula is C17H21N. The SMILES string of the molecule is CCCNCc1ccc(C)cc1-c1ccccc1. The predicted octanol–water partition coefficient (Wildman–Crippen LogP) is 4.16. The monoisotopic (exact) mass is 239 g/mol. The summed E-state index contributed by atoms with van der Waals surface area (Å²) in [4.78, 5) is 0. The first-order valence-corrected chi connectivity index (χ1v) is 6.67. The molecule has 2 rings (SSSR count). The Hall–Kier alpha value is -1.60. The Morgan fingerprint density at radius 2 is 1.78 bits per heavy atom. The van der Waals surface area contributed by atoms with Crippen molar-refractivity contribution in [2.45, 2.75) is 26.8 Å². The Balaban J connectivity index is 2.29. The van der Waals surface area contributed by atoms with Crippen LogP contribution in [0.25, 0.3) is 11.1 Å². The number of rotatable bonds is 5. The Morgan fingerprint density at radius 1 is 1.00 bits per heavy atom. The van der Waals surface area contributed by atoms with E-state index in [0.29, 0.717) is 0 Å². The van der Waals surface area contributed by atoms with E-state index in [1.807, 2.05) is 0 Å². The van der Waals surface area contributed by atoms with Crippen LogP contribution in [-0.4, -0.2) is 6.54 Å². The predicted molar refractivity (Wildman–Crippen MR) is 78.6 cm³/mol. The summed E-state index contributed by atoms with van der Waals surface area (Å²) in [7, 11) is 0. The molecule has 0 atom stereocenters. The van der Waals surface area contributed by atoms with E-state index in [1.165, 1.54) is 28.7 Å². The highest BCUT2D eigenvalue weighted by Gasteiger charge is 2.04. The molecule has 1 N–H and O–H groups in total. The first-order chi connectivity index (χ1) is 8.81. The summed E-state index contributed by atoms with van der Waals surface area (Å²) >= 11 is 0. The molecule has 0 amide bonds. The van der Waals surface area contributed by atoms with Gasteiger partial charge in [0.15, 0.2) is 0 Å². The van der Waals surface area contributed by atoms with Crippen molar-refractivity contribution in [2.24, 2.45) is 0 Å². The minimum absolute atomic E-state index is 0.943. The van der Waals surface area contributed by atoms with Gasteiger partial charge >= 0.3 is 0 Å². The average molecular weight is 239 g/mol. The number of benzene rings is 2. The zero-order valence-electron chi connectivity index (χ0n) is 11.2. The molecule has 94 valence electrons. The van der Waals surface area contributed by atoms with Crippen molar-refractivity contribution >= 4 is 0 Å². The molecule has 0 fully saturated rings. The molecule has 0 aliphatic rings. The lowest BCUT2D eigenvalue weighted by Gasteiger charge is -2.11. The second-order valence-corrected chi connectivity index (χ2v) is 4.70. The second kappa shape index (κ2) is 6.36. The van der Waals surface area contributed by atoms with Crippen molar-refractivity contribution in [2.75, 3.05) is 6.54 Å². The minimum Gasteiger partial charge on any atom is -0.313 e. The molecule has 0 heterocycles. The maximum Gasteiger partial charge on any atom is 0.0211 e. The number of hydrogen-bond acceptors (Lipinski definition) is 1. The normalized spacial score (nSPS) is 10.6. The fourth-order valence-electron chi connectivity index (χ4n) is 2.13. The molecular weight excluding hydrogens is 218 g/mol. The number of nitrogens with one attached hydrogen (secondary N) is 1. The van der Waals surface area contributed by atoms with Gasteiger partial charge in [-0.05, 0) is 36.6 Å². The third-order valence-electron chi connectivity index (χ3n) is 3.09. The summed E-state index contributed by atoms with van der Waals surface area (Å²) in [5.74, 6) is 0. The number of aryl methyl sites for hydroxylation is 1. The highest BCUT2D eigenvalue weighted by atomic mass is 14.8. The van der Waals surface area contributed by atoms with Gasteiger partial charge in [0, 0.05) is 6.54 Å². The fraction of sp³-hybridized carbons (Fsp3) is 0.294. The average Bonchev–Trinajstić information content (AvgIpc) is 2.41. The van der Waals surface area contributed by atoms with Gasteiger partial charge in [0.25, 0.3) is 0 Å². The Labute approximate surface area is 110 Å². The van der Waals surface area contributed by atoms with Crippen LogP contribution in [0.2, 0.25) is 0 Å². The molecule has 0 bridgehead atoms. The van der Waals surface area contributed by atoms with Gasteiger partial charge < -0.3 is 5.32 Å². The summed E-state index contributed by atoms with van der Waals surface area (Å²) in [6, 6.07) is 17.3. The molecule has 0 aliphatic heterocycles. The molecule has 0 aromatic heterocycles. The van der Waals surface area contributed by atoms with E-state index in [9.17, 15) is 0 Å². The Kier molecular flexibility index (Phi) is 4.54. The van der Waals surface area contributed by atoms with Crippen LogP contribution in [0.1, 0.15) is 24.5 Å². The van der Waals surface area contributed by atoms with Crippen LogP contribution in [0.3, 0.4) is 0 Å². The first kappa shape index (κ1) is 12.8. The van der Waals surface area contributed by atoms with Crippen molar-refractivity contribution in [3.63, 3.8) is 0 Å². The van der Waals surface area contributed by atoms with E-state index >= 15 is 0 Å². The van der Waals surface area contributed by atoms with Crippen LogP contribution in [-0.2, 0) is 6.54 Å². The third kappa shape index (κ3) is 3.21. The van der Waals surface area contributed by atoms with Crippen molar-refractivity contribution in [1.82, 2.24) is 5.32 Å². The zero-order chi connectivity index (χ0) is 12.8. The fourth-order valence-corrected chi connectivity index (χ4v) is 2.13. The third-order valence-corrected chi connectivity index (χ3v) is 3.09. The van der Waals surface area contributed by atoms with Crippen LogP contribution < -0.4 is 5.32 Å². The van der Waals surface area contributed by atoms with Gasteiger partial charge in [-0.25, -0.2) is 0 Å².